The number of carbonyl (C=O) groups excluding carboxylic acids is 3. The fourth-order valence-electron chi connectivity index (χ4n) is 6.08. The predicted octanol–water partition coefficient (Wildman–Crippen LogP) is 5.86. The predicted molar refractivity (Wildman–Crippen MR) is 163 cm³/mol. The molecule has 9 heteroatoms. The quantitative estimate of drug-likeness (QED) is 0.0844. The lowest BCUT2D eigenvalue weighted by Crippen LogP contribution is -2.46. The van der Waals surface area contributed by atoms with Crippen LogP contribution in [0.15, 0.2) is 54.6 Å². The van der Waals surface area contributed by atoms with Crippen LogP contribution in [0.4, 0.5) is 0 Å². The van der Waals surface area contributed by atoms with Gasteiger partial charge in [-0.1, -0.05) is 50.1 Å². The molecule has 0 bridgehead atoms. The Morgan fingerprint density at radius 2 is 1.77 bits per heavy atom. The van der Waals surface area contributed by atoms with Crippen molar-refractivity contribution in [1.29, 1.82) is 0 Å². The Kier molecular flexibility index (Phi) is 8.90. The molecule has 0 spiro atoms. The number of aromatic hydroxyl groups is 3. The molecule has 3 aromatic carbocycles. The first-order valence-corrected chi connectivity index (χ1v) is 14.8. The summed E-state index contributed by atoms with van der Waals surface area (Å²) in [6.45, 7) is 5.51. The molecular weight excluding hydrogens is 564 g/mol. The van der Waals surface area contributed by atoms with Crippen LogP contribution in [0.2, 0.25) is 0 Å². The summed E-state index contributed by atoms with van der Waals surface area (Å²) < 4.78 is 11.5. The largest absolute Gasteiger partial charge is 0.507 e. The maximum absolute atomic E-state index is 13.7. The van der Waals surface area contributed by atoms with Gasteiger partial charge in [0, 0.05) is 34.6 Å². The summed E-state index contributed by atoms with van der Waals surface area (Å²) in [5.74, 6) is -3.21. The Balaban J connectivity index is 1.37. The van der Waals surface area contributed by atoms with Crippen LogP contribution in [0.1, 0.15) is 95.0 Å². The van der Waals surface area contributed by atoms with Gasteiger partial charge in [0.05, 0.1) is 29.4 Å². The van der Waals surface area contributed by atoms with Gasteiger partial charge in [-0.2, -0.15) is 0 Å². The van der Waals surface area contributed by atoms with Crippen molar-refractivity contribution in [2.45, 2.75) is 77.3 Å². The molecule has 1 aliphatic carbocycles. The van der Waals surface area contributed by atoms with Gasteiger partial charge in [0.1, 0.15) is 17.2 Å². The lowest BCUT2D eigenvalue weighted by atomic mass is 9.79. The summed E-state index contributed by atoms with van der Waals surface area (Å²) >= 11 is 0. The standard InChI is InChI=1S/C35H36O9/c1-4-5-6-7-8-9-10-11-27(39)44-35-19(3)43-26(17-25(35)38)21-12-13-22-29(32(21)40)34(42)30-24(37)16-20-14-18(2)15-23(36)28(20)31(30)33(22)41/h8-16,19,25-26,35-38,40H,4-7,17H2,1-3H3/b9-8+,11-10+. The van der Waals surface area contributed by atoms with E-state index in [0.717, 1.165) is 25.7 Å². The molecule has 5 rings (SSSR count). The van der Waals surface area contributed by atoms with Crippen molar-refractivity contribution in [2.75, 3.05) is 0 Å². The summed E-state index contributed by atoms with van der Waals surface area (Å²) in [4.78, 5) is 39.8. The Hall–Kier alpha value is -4.47. The first-order valence-electron chi connectivity index (χ1n) is 14.8. The van der Waals surface area contributed by atoms with Crippen LogP contribution < -0.4 is 0 Å². The van der Waals surface area contributed by atoms with Gasteiger partial charge in [0.2, 0.25) is 5.78 Å². The highest BCUT2D eigenvalue weighted by molar-refractivity contribution is 6.34. The van der Waals surface area contributed by atoms with Crippen LogP contribution in [0, 0.1) is 6.92 Å². The van der Waals surface area contributed by atoms with Crippen molar-refractivity contribution in [2.24, 2.45) is 0 Å². The van der Waals surface area contributed by atoms with Crippen LogP contribution in [-0.4, -0.2) is 56.3 Å². The normalized spacial score (nSPS) is 21.6. The van der Waals surface area contributed by atoms with Crippen molar-refractivity contribution >= 4 is 28.3 Å². The summed E-state index contributed by atoms with van der Waals surface area (Å²) in [6, 6.07) is 7.30. The van der Waals surface area contributed by atoms with E-state index < -0.39 is 53.5 Å². The molecular formula is C35H36O9. The molecule has 9 nitrogen and oxygen atoms in total. The van der Waals surface area contributed by atoms with E-state index in [1.165, 1.54) is 30.3 Å². The summed E-state index contributed by atoms with van der Waals surface area (Å²) in [6.07, 6.45) is 7.08. The molecule has 2 aliphatic rings. The molecule has 0 radical (unpaired) electrons. The van der Waals surface area contributed by atoms with Gasteiger partial charge in [-0.15, -0.1) is 0 Å². The number of aliphatic hydroxyl groups is 1. The van der Waals surface area contributed by atoms with Gasteiger partial charge in [0.15, 0.2) is 11.9 Å². The Morgan fingerprint density at radius 3 is 2.50 bits per heavy atom. The zero-order valence-electron chi connectivity index (χ0n) is 24.9. The van der Waals surface area contributed by atoms with Crippen molar-refractivity contribution in [3.8, 4) is 17.2 Å². The van der Waals surface area contributed by atoms with E-state index in [0.29, 0.717) is 10.9 Å². The van der Waals surface area contributed by atoms with E-state index >= 15 is 0 Å². The molecule has 4 unspecified atom stereocenters. The van der Waals surface area contributed by atoms with Crippen molar-refractivity contribution < 1.29 is 44.3 Å². The highest BCUT2D eigenvalue weighted by Crippen LogP contribution is 2.46. The third-order valence-corrected chi connectivity index (χ3v) is 8.21. The SMILES string of the molecule is CCCCC/C=C/C=C/C(=O)OC1C(O)CC(c2ccc3c(c2O)C(=O)c2c(O)cc4cc(C)cc(O)c4c2C3=O)OC1C. The highest BCUT2D eigenvalue weighted by atomic mass is 16.6. The first-order chi connectivity index (χ1) is 21.0. The van der Waals surface area contributed by atoms with Crippen LogP contribution in [0.25, 0.3) is 10.8 Å². The number of aliphatic hydroxyl groups excluding tert-OH is 1. The number of ketones is 2. The van der Waals surface area contributed by atoms with Crippen molar-refractivity contribution in [3.05, 3.63) is 88.0 Å². The fourth-order valence-corrected chi connectivity index (χ4v) is 6.08. The summed E-state index contributed by atoms with van der Waals surface area (Å²) in [5.41, 5.74) is 0.0397. The number of phenolic OH excluding ortho intramolecular Hbond substituents is 3. The molecule has 0 amide bonds. The Bertz CT molecular complexity index is 1690. The molecule has 3 aromatic rings. The molecule has 0 aromatic heterocycles. The molecule has 44 heavy (non-hydrogen) atoms. The minimum absolute atomic E-state index is 0.0580. The van der Waals surface area contributed by atoms with Crippen LogP contribution in [0.3, 0.4) is 0 Å². The second-order valence-corrected chi connectivity index (χ2v) is 11.4. The molecule has 4 N–H and O–H groups in total. The van der Waals surface area contributed by atoms with Gasteiger partial charge < -0.3 is 29.9 Å². The molecule has 0 saturated carbocycles. The number of hydrogen-bond acceptors (Lipinski definition) is 9. The summed E-state index contributed by atoms with van der Waals surface area (Å²) in [5, 5.41) is 44.2. The Labute approximate surface area is 255 Å². The van der Waals surface area contributed by atoms with Crippen LogP contribution >= 0.6 is 0 Å². The maximum Gasteiger partial charge on any atom is 0.331 e. The van der Waals surface area contributed by atoms with E-state index in [-0.39, 0.29) is 45.4 Å². The highest BCUT2D eigenvalue weighted by Gasteiger charge is 2.42. The second-order valence-electron chi connectivity index (χ2n) is 11.4. The zero-order chi connectivity index (χ0) is 31.7. The molecule has 1 fully saturated rings. The number of carbonyl (C=O) groups is 3. The third-order valence-electron chi connectivity index (χ3n) is 8.21. The molecule has 230 valence electrons. The topological polar surface area (TPSA) is 151 Å². The lowest BCUT2D eigenvalue weighted by molar-refractivity contribution is -0.190. The van der Waals surface area contributed by atoms with Gasteiger partial charge in [0.25, 0.3) is 0 Å². The number of ether oxygens (including phenoxy) is 2. The number of allylic oxidation sites excluding steroid dienone is 3. The number of hydrogen-bond donors (Lipinski definition) is 4. The minimum Gasteiger partial charge on any atom is -0.507 e. The molecule has 1 saturated heterocycles. The van der Waals surface area contributed by atoms with E-state index in [2.05, 4.69) is 6.92 Å². The van der Waals surface area contributed by atoms with Crippen molar-refractivity contribution in [3.63, 3.8) is 0 Å². The van der Waals surface area contributed by atoms with Gasteiger partial charge in [-0.3, -0.25) is 9.59 Å². The second kappa shape index (κ2) is 12.6. The Morgan fingerprint density at radius 1 is 1.00 bits per heavy atom. The average molecular weight is 601 g/mol. The van der Waals surface area contributed by atoms with Gasteiger partial charge in [-0.05, 0) is 55.8 Å². The molecule has 1 aliphatic heterocycles. The van der Waals surface area contributed by atoms with Gasteiger partial charge >= 0.3 is 5.97 Å². The van der Waals surface area contributed by atoms with E-state index in [4.69, 9.17) is 9.47 Å². The van der Waals surface area contributed by atoms with E-state index in [1.807, 2.05) is 6.08 Å². The van der Waals surface area contributed by atoms with Gasteiger partial charge in [-0.25, -0.2) is 4.79 Å². The number of unbranched alkanes of at least 4 members (excludes halogenated alkanes) is 3. The number of benzene rings is 3. The number of rotatable bonds is 8. The zero-order valence-corrected chi connectivity index (χ0v) is 24.9. The maximum atomic E-state index is 13.7. The van der Waals surface area contributed by atoms with E-state index in [1.54, 1.807) is 32.1 Å². The average Bonchev–Trinajstić information content (AvgIpc) is 2.96. The minimum atomic E-state index is -1.14. The third kappa shape index (κ3) is 5.73. The smallest absolute Gasteiger partial charge is 0.331 e. The monoisotopic (exact) mass is 600 g/mol. The van der Waals surface area contributed by atoms with E-state index in [9.17, 15) is 34.8 Å². The summed E-state index contributed by atoms with van der Waals surface area (Å²) in [7, 11) is 0. The molecule has 4 atom stereocenters. The number of aryl methyl sites for hydroxylation is 1. The number of phenols is 3. The first kappa shape index (κ1) is 31.0. The lowest BCUT2D eigenvalue weighted by Gasteiger charge is -2.38. The van der Waals surface area contributed by atoms with Crippen LogP contribution in [-0.2, 0) is 14.3 Å². The van der Waals surface area contributed by atoms with Crippen molar-refractivity contribution in [1.82, 2.24) is 0 Å². The molecule has 1 heterocycles. The number of fused-ring (bicyclic) bond motifs is 4. The number of esters is 1. The fraction of sp³-hybridized carbons (Fsp3) is 0.343. The van der Waals surface area contributed by atoms with Crippen LogP contribution in [0.5, 0.6) is 17.2 Å².